The molecule has 0 aliphatic carbocycles. The molecule has 0 spiro atoms. The fraction of sp³-hybridized carbons (Fsp3) is 0.500. The van der Waals surface area contributed by atoms with E-state index >= 15 is 0 Å². The van der Waals surface area contributed by atoms with E-state index in [4.69, 9.17) is 9.47 Å². The summed E-state index contributed by atoms with van der Waals surface area (Å²) in [6.07, 6.45) is 0.729. The summed E-state index contributed by atoms with van der Waals surface area (Å²) in [5, 5.41) is 3.14. The smallest absolute Gasteiger partial charge is 0.169 e. The highest BCUT2D eigenvalue weighted by Gasteiger charge is 2.10. The molecule has 0 fully saturated rings. The van der Waals surface area contributed by atoms with Crippen molar-refractivity contribution in [2.75, 3.05) is 33.4 Å². The van der Waals surface area contributed by atoms with Crippen LogP contribution in [-0.2, 0) is 4.74 Å². The minimum Gasteiger partial charge on any atom is -0.489 e. The Morgan fingerprint density at radius 1 is 1.22 bits per heavy atom. The van der Waals surface area contributed by atoms with E-state index < -0.39 is 11.6 Å². The Kier molecular flexibility index (Phi) is 7.15. The molecule has 0 bridgehead atoms. The van der Waals surface area contributed by atoms with Crippen LogP contribution in [0.3, 0.4) is 0 Å². The number of methoxy groups -OCH3 is 1. The van der Waals surface area contributed by atoms with Crippen molar-refractivity contribution in [3.05, 3.63) is 28.2 Å². The van der Waals surface area contributed by atoms with Crippen LogP contribution in [0.1, 0.15) is 6.42 Å². The van der Waals surface area contributed by atoms with E-state index in [1.807, 2.05) is 0 Å². The number of rotatable bonds is 8. The van der Waals surface area contributed by atoms with E-state index in [2.05, 4.69) is 21.2 Å². The highest BCUT2D eigenvalue weighted by Crippen LogP contribution is 2.29. The topological polar surface area (TPSA) is 30.5 Å². The minimum absolute atomic E-state index is 0.0493. The van der Waals surface area contributed by atoms with Gasteiger partial charge in [-0.25, -0.2) is 8.78 Å². The van der Waals surface area contributed by atoms with Crippen LogP contribution in [0.2, 0.25) is 0 Å². The van der Waals surface area contributed by atoms with E-state index in [0.717, 1.165) is 25.6 Å². The molecule has 0 aliphatic rings. The summed E-state index contributed by atoms with van der Waals surface area (Å²) in [7, 11) is 1.64. The second-order valence-corrected chi connectivity index (χ2v) is 4.50. The fourth-order valence-electron chi connectivity index (χ4n) is 1.34. The second-order valence-electron chi connectivity index (χ2n) is 3.64. The Morgan fingerprint density at radius 2 is 2.00 bits per heavy atom. The van der Waals surface area contributed by atoms with Crippen LogP contribution >= 0.6 is 15.9 Å². The third kappa shape index (κ3) is 5.29. The zero-order chi connectivity index (χ0) is 13.4. The molecular weight excluding hydrogens is 308 g/mol. The number of hydrogen-bond acceptors (Lipinski definition) is 3. The molecule has 6 heteroatoms. The summed E-state index contributed by atoms with van der Waals surface area (Å²) < 4.78 is 36.6. The van der Waals surface area contributed by atoms with Gasteiger partial charge in [0.15, 0.2) is 11.6 Å². The summed E-state index contributed by atoms with van der Waals surface area (Å²) in [4.78, 5) is 0. The molecule has 0 amide bonds. The average Bonchev–Trinajstić information content (AvgIpc) is 2.30. The first kappa shape index (κ1) is 15.3. The highest BCUT2D eigenvalue weighted by atomic mass is 79.9. The van der Waals surface area contributed by atoms with Gasteiger partial charge >= 0.3 is 0 Å². The summed E-state index contributed by atoms with van der Waals surface area (Å²) in [6, 6.07) is 1.98. The van der Waals surface area contributed by atoms with Gasteiger partial charge in [0.2, 0.25) is 0 Å². The third-order valence-corrected chi connectivity index (χ3v) is 2.78. The Bertz CT molecular complexity index is 354. The largest absolute Gasteiger partial charge is 0.489 e. The molecule has 0 unspecified atom stereocenters. The molecule has 18 heavy (non-hydrogen) atoms. The Labute approximate surface area is 114 Å². The number of ether oxygens (including phenoxy) is 2. The van der Waals surface area contributed by atoms with Gasteiger partial charge in [0.1, 0.15) is 5.82 Å². The quantitative estimate of drug-likeness (QED) is 0.746. The van der Waals surface area contributed by atoms with Gasteiger partial charge in [-0.05, 0) is 35.0 Å². The van der Waals surface area contributed by atoms with Gasteiger partial charge in [-0.1, -0.05) is 0 Å². The predicted molar refractivity (Wildman–Crippen MR) is 68.9 cm³/mol. The molecule has 3 nitrogen and oxygen atoms in total. The second kappa shape index (κ2) is 8.39. The molecule has 0 heterocycles. The summed E-state index contributed by atoms with van der Waals surface area (Å²) >= 11 is 3.06. The van der Waals surface area contributed by atoms with Crippen molar-refractivity contribution in [1.29, 1.82) is 0 Å². The van der Waals surface area contributed by atoms with Crippen LogP contribution in [0.4, 0.5) is 8.78 Å². The van der Waals surface area contributed by atoms with Crippen LogP contribution in [0, 0.1) is 11.6 Å². The molecule has 0 saturated heterocycles. The lowest BCUT2D eigenvalue weighted by atomic mass is 10.3. The van der Waals surface area contributed by atoms with Crippen molar-refractivity contribution in [1.82, 2.24) is 5.32 Å². The third-order valence-electron chi connectivity index (χ3n) is 2.19. The van der Waals surface area contributed by atoms with Crippen molar-refractivity contribution >= 4 is 15.9 Å². The summed E-state index contributed by atoms with van der Waals surface area (Å²) in [6.45, 7) is 2.54. The van der Waals surface area contributed by atoms with E-state index in [1.54, 1.807) is 7.11 Å². The zero-order valence-electron chi connectivity index (χ0n) is 10.1. The normalized spacial score (nSPS) is 10.7. The monoisotopic (exact) mass is 323 g/mol. The molecule has 0 aromatic heterocycles. The standard InChI is InChI=1S/C12H16BrF2NO2/c1-17-6-4-16-3-2-5-18-12-10(13)7-9(14)8-11(12)15/h7-8,16H,2-6H2,1H3. The molecule has 0 aliphatic heterocycles. The van der Waals surface area contributed by atoms with Crippen LogP contribution < -0.4 is 10.1 Å². The predicted octanol–water partition coefficient (Wildman–Crippen LogP) is 2.73. The lowest BCUT2D eigenvalue weighted by Gasteiger charge is -2.09. The number of hydrogen-bond donors (Lipinski definition) is 1. The number of halogens is 3. The van der Waals surface area contributed by atoms with Gasteiger partial charge in [-0.2, -0.15) is 0 Å². The molecule has 0 saturated carbocycles. The van der Waals surface area contributed by atoms with Crippen molar-refractivity contribution in [3.63, 3.8) is 0 Å². The van der Waals surface area contributed by atoms with Crippen LogP contribution in [0.5, 0.6) is 5.75 Å². The maximum Gasteiger partial charge on any atom is 0.169 e. The van der Waals surface area contributed by atoms with E-state index in [0.29, 0.717) is 13.2 Å². The first-order valence-electron chi connectivity index (χ1n) is 5.62. The maximum absolute atomic E-state index is 13.4. The van der Waals surface area contributed by atoms with Gasteiger partial charge in [0, 0.05) is 19.7 Å². The van der Waals surface area contributed by atoms with Crippen molar-refractivity contribution in [3.8, 4) is 5.75 Å². The minimum atomic E-state index is -0.700. The molecule has 1 aromatic rings. The van der Waals surface area contributed by atoms with Gasteiger partial charge in [0.05, 0.1) is 17.7 Å². The Morgan fingerprint density at radius 3 is 2.67 bits per heavy atom. The van der Waals surface area contributed by atoms with Gasteiger partial charge in [0.25, 0.3) is 0 Å². The molecular formula is C12H16BrF2NO2. The molecule has 1 N–H and O–H groups in total. The molecule has 1 rings (SSSR count). The summed E-state index contributed by atoms with van der Waals surface area (Å²) in [5.74, 6) is -1.28. The molecule has 1 aromatic carbocycles. The summed E-state index contributed by atoms with van der Waals surface area (Å²) in [5.41, 5.74) is 0. The SMILES string of the molecule is COCCNCCCOc1c(F)cc(F)cc1Br. The van der Waals surface area contributed by atoms with E-state index in [-0.39, 0.29) is 10.2 Å². The van der Waals surface area contributed by atoms with Crippen LogP contribution in [-0.4, -0.2) is 33.4 Å². The molecule has 0 atom stereocenters. The Hall–Kier alpha value is -0.720. The Balaban J connectivity index is 2.27. The fourth-order valence-corrected chi connectivity index (χ4v) is 1.86. The number of benzene rings is 1. The average molecular weight is 324 g/mol. The van der Waals surface area contributed by atoms with Gasteiger partial charge in [-0.3, -0.25) is 0 Å². The van der Waals surface area contributed by atoms with Gasteiger partial charge in [-0.15, -0.1) is 0 Å². The lowest BCUT2D eigenvalue weighted by molar-refractivity contribution is 0.198. The van der Waals surface area contributed by atoms with Crippen molar-refractivity contribution in [2.24, 2.45) is 0 Å². The van der Waals surface area contributed by atoms with E-state index in [1.165, 1.54) is 6.07 Å². The van der Waals surface area contributed by atoms with Crippen molar-refractivity contribution in [2.45, 2.75) is 6.42 Å². The first-order valence-corrected chi connectivity index (χ1v) is 6.41. The molecule has 102 valence electrons. The molecule has 0 radical (unpaired) electrons. The first-order chi connectivity index (χ1) is 8.65. The van der Waals surface area contributed by atoms with E-state index in [9.17, 15) is 8.78 Å². The highest BCUT2D eigenvalue weighted by molar-refractivity contribution is 9.10. The van der Waals surface area contributed by atoms with Crippen LogP contribution in [0.15, 0.2) is 16.6 Å². The lowest BCUT2D eigenvalue weighted by Crippen LogP contribution is -2.21. The maximum atomic E-state index is 13.4. The number of nitrogens with one attached hydrogen (secondary N) is 1. The van der Waals surface area contributed by atoms with Gasteiger partial charge < -0.3 is 14.8 Å². The van der Waals surface area contributed by atoms with Crippen molar-refractivity contribution < 1.29 is 18.3 Å². The zero-order valence-corrected chi connectivity index (χ0v) is 11.7. The van der Waals surface area contributed by atoms with Crippen LogP contribution in [0.25, 0.3) is 0 Å².